The van der Waals surface area contributed by atoms with Crippen LogP contribution in [0.15, 0.2) is 48.5 Å². The summed E-state index contributed by atoms with van der Waals surface area (Å²) in [7, 11) is 2.11. The minimum absolute atomic E-state index is 0.000917. The van der Waals surface area contributed by atoms with Gasteiger partial charge in [-0.15, -0.1) is 0 Å². The molecule has 2 N–H and O–H groups in total. The summed E-state index contributed by atoms with van der Waals surface area (Å²) in [6.45, 7) is 11.4. The van der Waals surface area contributed by atoms with E-state index in [1.165, 1.54) is 5.56 Å². The number of hydrogen-bond donors (Lipinski definition) is 2. The molecule has 0 saturated carbocycles. The van der Waals surface area contributed by atoms with Gasteiger partial charge in [0.1, 0.15) is 0 Å². The Morgan fingerprint density at radius 3 is 2.59 bits per heavy atom. The second kappa shape index (κ2) is 14.8. The van der Waals surface area contributed by atoms with Crippen LogP contribution in [0.1, 0.15) is 74.4 Å². The number of hydrogen-bond acceptors (Lipinski definition) is 4. The van der Waals surface area contributed by atoms with Crippen LogP contribution in [-0.4, -0.2) is 72.5 Å². The maximum atomic E-state index is 13.8. The van der Waals surface area contributed by atoms with Crippen LogP contribution in [0.5, 0.6) is 0 Å². The van der Waals surface area contributed by atoms with Gasteiger partial charge in [-0.25, -0.2) is 0 Å². The van der Waals surface area contributed by atoms with E-state index in [0.29, 0.717) is 42.6 Å². The van der Waals surface area contributed by atoms with Crippen molar-refractivity contribution in [1.82, 2.24) is 20.4 Å². The van der Waals surface area contributed by atoms with Crippen molar-refractivity contribution in [2.75, 3.05) is 33.2 Å². The lowest BCUT2D eigenvalue weighted by Crippen LogP contribution is -2.51. The molecular weight excluding hydrogens is 623 g/mol. The van der Waals surface area contributed by atoms with E-state index in [2.05, 4.69) is 97.1 Å². The largest absolute Gasteiger partial charge is 0.350 e. The molecule has 0 bridgehead atoms. The molecule has 39 heavy (non-hydrogen) atoms. The number of nitrogens with zero attached hydrogens (tertiary/aromatic N) is 2. The number of amides is 2. The van der Waals surface area contributed by atoms with E-state index in [0.717, 1.165) is 29.4 Å². The van der Waals surface area contributed by atoms with Gasteiger partial charge in [-0.05, 0) is 76.4 Å². The molecule has 1 fully saturated rings. The fourth-order valence-electron chi connectivity index (χ4n) is 4.89. The number of benzene rings is 2. The van der Waals surface area contributed by atoms with Gasteiger partial charge in [-0.2, -0.15) is 0 Å². The summed E-state index contributed by atoms with van der Waals surface area (Å²) < 4.78 is 0.742. The zero-order chi connectivity index (χ0) is 28.6. The summed E-state index contributed by atoms with van der Waals surface area (Å²) in [4.78, 5) is 31.1. The van der Waals surface area contributed by atoms with Crippen molar-refractivity contribution in [3.8, 4) is 0 Å². The Morgan fingerprint density at radius 1 is 1.23 bits per heavy atom. The van der Waals surface area contributed by atoms with Crippen molar-refractivity contribution < 1.29 is 9.59 Å². The van der Waals surface area contributed by atoms with Gasteiger partial charge in [0.2, 0.25) is 5.91 Å². The first kappa shape index (κ1) is 31.8. The van der Waals surface area contributed by atoms with Crippen LogP contribution in [0, 0.1) is 0 Å². The minimum atomic E-state index is -0.298. The average molecular weight is 667 g/mol. The quantitative estimate of drug-likeness (QED) is 0.233. The monoisotopic (exact) mass is 666 g/mol. The maximum absolute atomic E-state index is 13.8. The predicted octanol–water partition coefficient (Wildman–Crippen LogP) is 5.88. The molecule has 0 spiro atoms. The third-order valence-electron chi connectivity index (χ3n) is 7.86. The van der Waals surface area contributed by atoms with Gasteiger partial charge in [-0.1, -0.05) is 71.4 Å². The van der Waals surface area contributed by atoms with Gasteiger partial charge in [0, 0.05) is 58.7 Å². The summed E-state index contributed by atoms with van der Waals surface area (Å²) in [5.74, 6) is 0.331. The van der Waals surface area contributed by atoms with Crippen molar-refractivity contribution in [3.05, 3.63) is 70.2 Å². The highest BCUT2D eigenvalue weighted by Gasteiger charge is 2.33. The lowest BCUT2D eigenvalue weighted by atomic mass is 9.95. The Labute approximate surface area is 253 Å². The average Bonchev–Trinajstić information content (AvgIpc) is 3.07. The molecule has 8 heteroatoms. The van der Waals surface area contributed by atoms with Crippen LogP contribution in [0.3, 0.4) is 0 Å². The SMILES string of the molecule is CC[C@H](CN1CC[C@@H](CNC(=O)c2ccc(Cl)c(CI)c2)N[C@@H](CCN(C)C(C)(C)C)C1=O)c1ccccc1. The molecule has 1 aliphatic rings. The van der Waals surface area contributed by atoms with Crippen molar-refractivity contribution in [2.24, 2.45) is 0 Å². The molecule has 2 aromatic rings. The van der Waals surface area contributed by atoms with Gasteiger partial charge in [-0.3, -0.25) is 9.59 Å². The summed E-state index contributed by atoms with van der Waals surface area (Å²) >= 11 is 8.49. The molecule has 1 heterocycles. The maximum Gasteiger partial charge on any atom is 0.251 e. The Balaban J connectivity index is 1.73. The normalized spacial score (nSPS) is 19.2. The number of rotatable bonds is 11. The summed E-state index contributed by atoms with van der Waals surface area (Å²) in [5, 5.41) is 7.39. The van der Waals surface area contributed by atoms with E-state index < -0.39 is 0 Å². The van der Waals surface area contributed by atoms with E-state index in [1.54, 1.807) is 12.1 Å². The first-order valence-corrected chi connectivity index (χ1v) is 15.9. The Morgan fingerprint density at radius 2 is 1.95 bits per heavy atom. The molecule has 6 nitrogen and oxygen atoms in total. The van der Waals surface area contributed by atoms with Gasteiger partial charge in [0.05, 0.1) is 6.04 Å². The first-order valence-electron chi connectivity index (χ1n) is 14.0. The standard InChI is InChI=1S/C31H44ClIN4O2/c1-6-22(23-10-8-7-9-11-23)21-37-17-14-26(35-28(30(37)39)15-16-36(5)31(2,3)4)20-34-29(38)24-12-13-27(32)25(18-24)19-33/h7-13,18,22,26,28,35H,6,14-17,19-21H2,1-5H3,(H,34,38)/t22-,26+,28+/m1/s1. The fourth-order valence-corrected chi connectivity index (χ4v) is 5.93. The van der Waals surface area contributed by atoms with Crippen LogP contribution in [0.4, 0.5) is 0 Å². The molecule has 0 aromatic heterocycles. The second-order valence-corrected chi connectivity index (χ2v) is 12.7. The van der Waals surface area contributed by atoms with E-state index in [-0.39, 0.29) is 29.4 Å². The molecule has 0 radical (unpaired) electrons. The van der Waals surface area contributed by atoms with Crippen molar-refractivity contribution in [1.29, 1.82) is 0 Å². The zero-order valence-corrected chi connectivity index (χ0v) is 26.9. The minimum Gasteiger partial charge on any atom is -0.350 e. The number of carbonyl (C=O) groups is 2. The Hall–Kier alpha value is -1.68. The highest BCUT2D eigenvalue weighted by molar-refractivity contribution is 14.1. The number of carbonyl (C=O) groups excluding carboxylic acids is 2. The zero-order valence-electron chi connectivity index (χ0n) is 24.0. The summed E-state index contributed by atoms with van der Waals surface area (Å²) in [6, 6.07) is 15.6. The van der Waals surface area contributed by atoms with E-state index in [9.17, 15) is 9.59 Å². The van der Waals surface area contributed by atoms with Crippen molar-refractivity contribution in [3.63, 3.8) is 0 Å². The van der Waals surface area contributed by atoms with Crippen molar-refractivity contribution in [2.45, 2.75) is 74.9 Å². The number of alkyl halides is 1. The van der Waals surface area contributed by atoms with Gasteiger partial charge < -0.3 is 20.4 Å². The molecule has 3 rings (SSSR count). The summed E-state index contributed by atoms with van der Waals surface area (Å²) in [5.41, 5.74) is 2.85. The van der Waals surface area contributed by atoms with Crippen LogP contribution in [0.2, 0.25) is 5.02 Å². The third-order valence-corrected chi connectivity index (χ3v) is 9.05. The number of nitrogens with one attached hydrogen (secondary N) is 2. The molecule has 2 aromatic carbocycles. The van der Waals surface area contributed by atoms with Crippen molar-refractivity contribution >= 4 is 46.0 Å². The highest BCUT2D eigenvalue weighted by Crippen LogP contribution is 2.24. The van der Waals surface area contributed by atoms with Crippen LogP contribution < -0.4 is 10.6 Å². The molecule has 0 aliphatic carbocycles. The molecule has 1 saturated heterocycles. The third kappa shape index (κ3) is 9.17. The van der Waals surface area contributed by atoms with Gasteiger partial charge >= 0.3 is 0 Å². The van der Waals surface area contributed by atoms with E-state index in [1.807, 2.05) is 17.0 Å². The van der Waals surface area contributed by atoms with Gasteiger partial charge in [0.15, 0.2) is 0 Å². The highest BCUT2D eigenvalue weighted by atomic mass is 127. The molecule has 0 unspecified atom stereocenters. The van der Waals surface area contributed by atoms with Crippen LogP contribution >= 0.6 is 34.2 Å². The Kier molecular flexibility index (Phi) is 12.1. The van der Waals surface area contributed by atoms with E-state index in [4.69, 9.17) is 11.6 Å². The molecule has 3 atom stereocenters. The molecule has 2 amide bonds. The molecule has 1 aliphatic heterocycles. The topological polar surface area (TPSA) is 64.7 Å². The predicted molar refractivity (Wildman–Crippen MR) is 170 cm³/mol. The fraction of sp³-hybridized carbons (Fsp3) is 0.548. The van der Waals surface area contributed by atoms with Crippen LogP contribution in [0.25, 0.3) is 0 Å². The Bertz CT molecular complexity index is 1090. The molecular formula is C31H44ClIN4O2. The second-order valence-electron chi connectivity index (χ2n) is 11.5. The number of halogens is 2. The van der Waals surface area contributed by atoms with Crippen LogP contribution in [-0.2, 0) is 9.22 Å². The lowest BCUT2D eigenvalue weighted by Gasteiger charge is -2.34. The first-order chi connectivity index (χ1) is 18.5. The molecule has 214 valence electrons. The summed E-state index contributed by atoms with van der Waals surface area (Å²) in [6.07, 6.45) is 2.47. The lowest BCUT2D eigenvalue weighted by molar-refractivity contribution is -0.133. The smallest absolute Gasteiger partial charge is 0.251 e. The van der Waals surface area contributed by atoms with Gasteiger partial charge in [0.25, 0.3) is 5.91 Å². The van der Waals surface area contributed by atoms with E-state index >= 15 is 0 Å².